The molecule has 1 rings (SSSR count). The molecule has 90 valence electrons. The minimum atomic E-state index is -4.52. The molecule has 0 aliphatic rings. The van der Waals surface area contributed by atoms with E-state index in [4.69, 9.17) is 5.73 Å². The lowest BCUT2D eigenvalue weighted by molar-refractivity contribution is -0.154. The van der Waals surface area contributed by atoms with Crippen molar-refractivity contribution in [3.05, 3.63) is 23.6 Å². The van der Waals surface area contributed by atoms with Crippen molar-refractivity contribution in [1.29, 1.82) is 0 Å². The lowest BCUT2D eigenvalue weighted by Crippen LogP contribution is -2.20. The van der Waals surface area contributed by atoms with Gasteiger partial charge >= 0.3 is 6.18 Å². The molecule has 0 aromatic carbocycles. The Morgan fingerprint density at radius 2 is 2.12 bits per heavy atom. The fraction of sp³-hybridized carbons (Fsp3) is 0.444. The van der Waals surface area contributed by atoms with Crippen LogP contribution in [0, 0.1) is 5.82 Å². The van der Waals surface area contributed by atoms with E-state index in [1.54, 1.807) is 6.92 Å². The van der Waals surface area contributed by atoms with Gasteiger partial charge in [-0.3, -0.25) is 0 Å². The molecule has 0 aliphatic carbocycles. The molecule has 0 fully saturated rings. The zero-order chi connectivity index (χ0) is 12.3. The Morgan fingerprint density at radius 1 is 1.50 bits per heavy atom. The van der Waals surface area contributed by atoms with Gasteiger partial charge in [0.2, 0.25) is 0 Å². The predicted molar refractivity (Wildman–Crippen MR) is 48.3 cm³/mol. The van der Waals surface area contributed by atoms with Crippen LogP contribution in [0.25, 0.3) is 0 Å². The molecule has 1 aromatic heterocycles. The van der Waals surface area contributed by atoms with Crippen LogP contribution in [0.15, 0.2) is 12.3 Å². The predicted octanol–water partition coefficient (Wildman–Crippen LogP) is 2.18. The zero-order valence-corrected chi connectivity index (χ0v) is 8.38. The van der Waals surface area contributed by atoms with Crippen LogP contribution in [0.4, 0.5) is 17.6 Å². The van der Waals surface area contributed by atoms with Gasteiger partial charge in [0.05, 0.1) is 0 Å². The molecular weight excluding hydrogens is 228 g/mol. The quantitative estimate of drug-likeness (QED) is 0.821. The summed E-state index contributed by atoms with van der Waals surface area (Å²) in [5, 5.41) is 0. The highest BCUT2D eigenvalue weighted by atomic mass is 19.4. The van der Waals surface area contributed by atoms with E-state index in [9.17, 15) is 17.6 Å². The fourth-order valence-electron chi connectivity index (χ4n) is 0.946. The second-order valence-corrected chi connectivity index (χ2v) is 3.25. The van der Waals surface area contributed by atoms with Crippen molar-refractivity contribution in [1.82, 2.24) is 4.98 Å². The maximum absolute atomic E-state index is 13.2. The van der Waals surface area contributed by atoms with Crippen LogP contribution >= 0.6 is 0 Å². The van der Waals surface area contributed by atoms with Crippen molar-refractivity contribution in [2.75, 3.05) is 6.61 Å². The number of alkyl halides is 3. The molecule has 0 radical (unpaired) electrons. The van der Waals surface area contributed by atoms with Crippen LogP contribution in [0.5, 0.6) is 5.88 Å². The highest BCUT2D eigenvalue weighted by Crippen LogP contribution is 2.21. The molecule has 0 saturated carbocycles. The number of pyridine rings is 1. The number of hydrogen-bond donors (Lipinski definition) is 1. The summed E-state index contributed by atoms with van der Waals surface area (Å²) in [5.74, 6) is -1.64. The van der Waals surface area contributed by atoms with Crippen molar-refractivity contribution < 1.29 is 22.3 Å². The Hall–Kier alpha value is -1.37. The number of nitrogens with two attached hydrogens (primary N) is 1. The molecule has 16 heavy (non-hydrogen) atoms. The first-order chi connectivity index (χ1) is 7.29. The minimum Gasteiger partial charge on any atom is -0.466 e. The second-order valence-electron chi connectivity index (χ2n) is 3.25. The topological polar surface area (TPSA) is 48.1 Å². The summed E-state index contributed by atoms with van der Waals surface area (Å²) in [6.45, 7) is 0.0289. The molecule has 1 heterocycles. The van der Waals surface area contributed by atoms with Crippen LogP contribution < -0.4 is 10.5 Å². The molecule has 1 aromatic rings. The Bertz CT molecular complexity index is 365. The second kappa shape index (κ2) is 4.65. The average Bonchev–Trinajstić information content (AvgIpc) is 2.14. The molecule has 7 heteroatoms. The van der Waals surface area contributed by atoms with Crippen molar-refractivity contribution in [2.45, 2.75) is 19.1 Å². The van der Waals surface area contributed by atoms with Gasteiger partial charge in [-0.15, -0.1) is 0 Å². The maximum Gasteiger partial charge on any atom is 0.422 e. The molecule has 2 N–H and O–H groups in total. The average molecular weight is 238 g/mol. The molecule has 0 amide bonds. The smallest absolute Gasteiger partial charge is 0.422 e. The zero-order valence-electron chi connectivity index (χ0n) is 8.38. The summed E-state index contributed by atoms with van der Waals surface area (Å²) < 4.78 is 52.7. The van der Waals surface area contributed by atoms with E-state index in [2.05, 4.69) is 9.72 Å². The summed E-state index contributed by atoms with van der Waals surface area (Å²) in [7, 11) is 0. The molecule has 1 unspecified atom stereocenters. The largest absolute Gasteiger partial charge is 0.466 e. The first-order valence-corrected chi connectivity index (χ1v) is 4.40. The summed E-state index contributed by atoms with van der Waals surface area (Å²) in [6.07, 6.45) is -3.34. The monoisotopic (exact) mass is 238 g/mol. The molecular formula is C9H10F4N2O. The first-order valence-electron chi connectivity index (χ1n) is 4.40. The van der Waals surface area contributed by atoms with E-state index in [0.29, 0.717) is 5.56 Å². The van der Waals surface area contributed by atoms with E-state index in [0.717, 1.165) is 6.07 Å². The van der Waals surface area contributed by atoms with Gasteiger partial charge in [-0.2, -0.15) is 13.2 Å². The summed E-state index contributed by atoms with van der Waals surface area (Å²) in [6, 6.07) is 0.558. The SMILES string of the molecule is CC(N)c1cnc(OCC(F)(F)F)c(F)c1. The third-order valence-corrected chi connectivity index (χ3v) is 1.73. The highest BCUT2D eigenvalue weighted by Gasteiger charge is 2.29. The summed E-state index contributed by atoms with van der Waals surface area (Å²) in [5.41, 5.74) is 5.83. The number of ether oxygens (including phenoxy) is 1. The van der Waals surface area contributed by atoms with Crippen LogP contribution in [0.3, 0.4) is 0 Å². The van der Waals surface area contributed by atoms with Crippen molar-refractivity contribution in [3.63, 3.8) is 0 Å². The van der Waals surface area contributed by atoms with E-state index in [1.807, 2.05) is 0 Å². The molecule has 0 spiro atoms. The Kier molecular flexibility index (Phi) is 3.69. The van der Waals surface area contributed by atoms with Crippen molar-refractivity contribution in [2.24, 2.45) is 5.73 Å². The number of nitrogens with zero attached hydrogens (tertiary/aromatic N) is 1. The summed E-state index contributed by atoms with van der Waals surface area (Å²) in [4.78, 5) is 3.43. The molecule has 1 atom stereocenters. The van der Waals surface area contributed by atoms with Gasteiger partial charge in [0.15, 0.2) is 12.4 Å². The fourth-order valence-corrected chi connectivity index (χ4v) is 0.946. The number of aromatic nitrogens is 1. The lowest BCUT2D eigenvalue weighted by atomic mass is 10.1. The van der Waals surface area contributed by atoms with E-state index in [-0.39, 0.29) is 0 Å². The lowest BCUT2D eigenvalue weighted by Gasteiger charge is -2.10. The first kappa shape index (κ1) is 12.7. The van der Waals surface area contributed by atoms with Gasteiger partial charge in [-0.1, -0.05) is 0 Å². The third kappa shape index (κ3) is 3.65. The van der Waals surface area contributed by atoms with Crippen molar-refractivity contribution >= 4 is 0 Å². The molecule has 0 aliphatic heterocycles. The van der Waals surface area contributed by atoms with Crippen molar-refractivity contribution in [3.8, 4) is 5.88 Å². The maximum atomic E-state index is 13.2. The van der Waals surface area contributed by atoms with Gasteiger partial charge in [0, 0.05) is 12.2 Å². The van der Waals surface area contributed by atoms with Crippen LogP contribution in [0.1, 0.15) is 18.5 Å². The number of halogens is 4. The van der Waals surface area contributed by atoms with Gasteiger partial charge in [0.1, 0.15) is 0 Å². The Balaban J connectivity index is 2.76. The number of hydrogen-bond acceptors (Lipinski definition) is 3. The van der Waals surface area contributed by atoms with Gasteiger partial charge in [0.25, 0.3) is 5.88 Å². The van der Waals surface area contributed by atoms with Crippen LogP contribution in [-0.2, 0) is 0 Å². The number of rotatable bonds is 3. The standard InChI is InChI=1S/C9H10F4N2O/c1-5(14)6-2-7(10)8(15-3-6)16-4-9(11,12)13/h2-3,5H,4,14H2,1H3. The molecule has 0 saturated heterocycles. The normalized spacial score (nSPS) is 13.6. The van der Waals surface area contributed by atoms with E-state index in [1.165, 1.54) is 6.20 Å². The molecule has 0 bridgehead atoms. The minimum absolute atomic E-state index is 0.386. The molecule has 3 nitrogen and oxygen atoms in total. The summed E-state index contributed by atoms with van der Waals surface area (Å²) >= 11 is 0. The van der Waals surface area contributed by atoms with Crippen LogP contribution in [-0.4, -0.2) is 17.8 Å². The Morgan fingerprint density at radius 3 is 2.56 bits per heavy atom. The highest BCUT2D eigenvalue weighted by molar-refractivity contribution is 5.22. The van der Waals surface area contributed by atoms with Gasteiger partial charge in [-0.05, 0) is 18.6 Å². The third-order valence-electron chi connectivity index (χ3n) is 1.73. The van der Waals surface area contributed by atoms with E-state index < -0.39 is 30.5 Å². The van der Waals surface area contributed by atoms with Gasteiger partial charge < -0.3 is 10.5 Å². The van der Waals surface area contributed by atoms with E-state index >= 15 is 0 Å². The van der Waals surface area contributed by atoms with Gasteiger partial charge in [-0.25, -0.2) is 9.37 Å². The Labute approximate surface area is 89.2 Å². The van der Waals surface area contributed by atoms with Crippen LogP contribution in [0.2, 0.25) is 0 Å².